The van der Waals surface area contributed by atoms with Gasteiger partial charge in [0.1, 0.15) is 0 Å². The smallest absolute Gasteiger partial charge is 0.312 e. The Morgan fingerprint density at radius 1 is 1.12 bits per heavy atom. The Kier molecular flexibility index (Phi) is 10.9. The highest BCUT2D eigenvalue weighted by molar-refractivity contribution is 7.99. The normalized spacial score (nSPS) is 15.2. The van der Waals surface area contributed by atoms with E-state index in [-0.39, 0.29) is 29.0 Å². The molecule has 152 valence electrons. The number of urea groups is 1. The van der Waals surface area contributed by atoms with E-state index in [1.165, 1.54) is 0 Å². The average molecular weight is 389 g/mol. The molecule has 3 amide bonds. The summed E-state index contributed by atoms with van der Waals surface area (Å²) in [6, 6.07) is -1.57. The number of rotatable bonds is 11. The molecule has 3 unspecified atom stereocenters. The van der Waals surface area contributed by atoms with E-state index < -0.39 is 17.5 Å². The molecule has 0 rings (SSSR count). The number of nitrogens with one attached hydrogen (secondary N) is 3. The molecule has 0 aromatic heterocycles. The lowest BCUT2D eigenvalue weighted by Crippen LogP contribution is -2.55. The van der Waals surface area contributed by atoms with Crippen molar-refractivity contribution in [3.05, 3.63) is 0 Å². The Morgan fingerprint density at radius 2 is 1.69 bits per heavy atom. The molecular weight excluding hydrogens is 352 g/mol. The third-order valence-electron chi connectivity index (χ3n) is 4.06. The van der Waals surface area contributed by atoms with Crippen LogP contribution in [0.2, 0.25) is 0 Å². The van der Waals surface area contributed by atoms with Crippen molar-refractivity contribution in [3.63, 3.8) is 0 Å². The minimum Gasteiger partial charge on any atom is -0.352 e. The fourth-order valence-corrected chi connectivity index (χ4v) is 2.75. The number of hydrogen-bond acceptors (Lipinski definition) is 5. The average Bonchev–Trinajstić information content (AvgIpc) is 2.52. The minimum absolute atomic E-state index is 0.0228. The van der Waals surface area contributed by atoms with Gasteiger partial charge < -0.3 is 16.4 Å². The monoisotopic (exact) mass is 388 g/mol. The van der Waals surface area contributed by atoms with Gasteiger partial charge in [0.05, 0.1) is 17.5 Å². The summed E-state index contributed by atoms with van der Waals surface area (Å²) in [5.41, 5.74) is 4.49. The number of primary amides is 1. The van der Waals surface area contributed by atoms with Crippen LogP contribution in [-0.4, -0.2) is 48.0 Å². The van der Waals surface area contributed by atoms with E-state index >= 15 is 0 Å². The highest BCUT2D eigenvalue weighted by atomic mass is 32.2. The molecule has 0 aromatic carbocycles. The maximum atomic E-state index is 12.8. The molecule has 0 aliphatic heterocycles. The molecular formula is C18H36N4O3S. The zero-order valence-corrected chi connectivity index (χ0v) is 18.0. The molecule has 0 saturated carbocycles. The van der Waals surface area contributed by atoms with Gasteiger partial charge in [-0.1, -0.05) is 34.6 Å². The fourth-order valence-electron chi connectivity index (χ4n) is 2.46. The number of carbonyl (C=O) groups is 3. The van der Waals surface area contributed by atoms with E-state index in [0.717, 1.165) is 0 Å². The highest BCUT2D eigenvalue weighted by Crippen LogP contribution is 2.19. The van der Waals surface area contributed by atoms with Gasteiger partial charge in [0, 0.05) is 12.0 Å². The van der Waals surface area contributed by atoms with Crippen LogP contribution in [-0.2, 0) is 9.59 Å². The number of thioether (sulfide) groups is 1. The van der Waals surface area contributed by atoms with Gasteiger partial charge in [0.25, 0.3) is 0 Å². The molecule has 0 aliphatic carbocycles. The Balaban J connectivity index is 5.08. The second kappa shape index (κ2) is 11.4. The van der Waals surface area contributed by atoms with E-state index in [1.54, 1.807) is 11.8 Å². The van der Waals surface area contributed by atoms with Crippen molar-refractivity contribution in [1.29, 1.82) is 0 Å². The molecule has 7 nitrogen and oxygen atoms in total. The minimum atomic E-state index is -0.595. The summed E-state index contributed by atoms with van der Waals surface area (Å²) in [4.78, 5) is 36.3. The van der Waals surface area contributed by atoms with E-state index in [4.69, 9.17) is 5.73 Å². The molecule has 0 saturated heterocycles. The summed E-state index contributed by atoms with van der Waals surface area (Å²) in [5.74, 6) is -0.108. The van der Waals surface area contributed by atoms with Gasteiger partial charge in [-0.25, -0.2) is 4.79 Å². The molecule has 0 aliphatic rings. The Morgan fingerprint density at radius 3 is 2.12 bits per heavy atom. The highest BCUT2D eigenvalue weighted by Gasteiger charge is 2.33. The summed E-state index contributed by atoms with van der Waals surface area (Å²) in [5, 5.41) is 8.85. The Hall–Kier alpha value is -1.28. The predicted octanol–water partition coefficient (Wildman–Crippen LogP) is 1.86. The van der Waals surface area contributed by atoms with Gasteiger partial charge in [-0.3, -0.25) is 14.9 Å². The van der Waals surface area contributed by atoms with E-state index in [9.17, 15) is 14.4 Å². The van der Waals surface area contributed by atoms with Crippen LogP contribution < -0.4 is 21.7 Å². The zero-order valence-electron chi connectivity index (χ0n) is 17.1. The molecule has 5 N–H and O–H groups in total. The SMILES string of the molecule is CSC(C)NC(C(=O)NC(CCCNC(N)=O)C(=O)C(C)(C)C)C(C)C. The van der Waals surface area contributed by atoms with Crippen molar-refractivity contribution >= 4 is 29.5 Å². The molecule has 0 spiro atoms. The quantitative estimate of drug-likeness (QED) is 0.319. The largest absolute Gasteiger partial charge is 0.352 e. The molecule has 0 fully saturated rings. The van der Waals surface area contributed by atoms with Crippen LogP contribution in [0.25, 0.3) is 0 Å². The standard InChI is InChI=1S/C18H36N4O3S/c1-11(2)14(21-12(3)26-7)16(24)22-13(15(23)18(4,5)6)9-8-10-20-17(19)25/h11-14,21H,8-10H2,1-7H3,(H,22,24)(H3,19,20,25). The predicted molar refractivity (Wildman–Crippen MR) is 108 cm³/mol. The van der Waals surface area contributed by atoms with E-state index in [0.29, 0.717) is 19.4 Å². The van der Waals surface area contributed by atoms with Gasteiger partial charge in [-0.2, -0.15) is 0 Å². The summed E-state index contributed by atoms with van der Waals surface area (Å²) in [7, 11) is 0. The molecule has 3 atom stereocenters. The van der Waals surface area contributed by atoms with Gasteiger partial charge in [0.2, 0.25) is 5.91 Å². The van der Waals surface area contributed by atoms with Gasteiger partial charge in [-0.15, -0.1) is 11.8 Å². The Labute approximate surface area is 162 Å². The summed E-state index contributed by atoms with van der Waals surface area (Å²) in [6.45, 7) is 11.8. The lowest BCUT2D eigenvalue weighted by molar-refractivity contribution is -0.133. The maximum absolute atomic E-state index is 12.8. The van der Waals surface area contributed by atoms with Crippen LogP contribution in [0.5, 0.6) is 0 Å². The van der Waals surface area contributed by atoms with Crippen molar-refractivity contribution < 1.29 is 14.4 Å². The van der Waals surface area contributed by atoms with Crippen molar-refractivity contribution in [3.8, 4) is 0 Å². The topological polar surface area (TPSA) is 113 Å². The summed E-state index contributed by atoms with van der Waals surface area (Å²) >= 11 is 1.63. The molecule has 8 heteroatoms. The lowest BCUT2D eigenvalue weighted by atomic mass is 9.84. The first-order valence-electron chi connectivity index (χ1n) is 9.07. The maximum Gasteiger partial charge on any atom is 0.312 e. The third kappa shape index (κ3) is 9.43. The summed E-state index contributed by atoms with van der Waals surface area (Å²) < 4.78 is 0. The molecule has 0 heterocycles. The van der Waals surface area contributed by atoms with Gasteiger partial charge in [-0.05, 0) is 31.9 Å². The third-order valence-corrected chi connectivity index (χ3v) is 4.90. The second-order valence-electron chi connectivity index (χ2n) is 7.87. The van der Waals surface area contributed by atoms with Crippen LogP contribution in [0.4, 0.5) is 4.79 Å². The zero-order chi connectivity index (χ0) is 20.5. The van der Waals surface area contributed by atoms with Gasteiger partial charge >= 0.3 is 6.03 Å². The number of carbonyl (C=O) groups excluding carboxylic acids is 3. The number of nitrogens with two attached hydrogens (primary N) is 1. The first-order valence-corrected chi connectivity index (χ1v) is 10.4. The van der Waals surface area contributed by atoms with Crippen LogP contribution >= 0.6 is 11.8 Å². The second-order valence-corrected chi connectivity index (χ2v) is 9.05. The van der Waals surface area contributed by atoms with Crippen LogP contribution in [0, 0.1) is 11.3 Å². The van der Waals surface area contributed by atoms with Crippen molar-refractivity contribution in [1.82, 2.24) is 16.0 Å². The van der Waals surface area contributed by atoms with Crippen molar-refractivity contribution in [2.45, 2.75) is 71.8 Å². The van der Waals surface area contributed by atoms with E-state index in [1.807, 2.05) is 47.8 Å². The molecule has 0 radical (unpaired) electrons. The van der Waals surface area contributed by atoms with Gasteiger partial charge in [0.15, 0.2) is 5.78 Å². The lowest BCUT2D eigenvalue weighted by Gasteiger charge is -2.30. The molecule has 0 bridgehead atoms. The first-order chi connectivity index (χ1) is 11.9. The van der Waals surface area contributed by atoms with Crippen LogP contribution in [0.3, 0.4) is 0 Å². The molecule has 0 aromatic rings. The van der Waals surface area contributed by atoms with Crippen LogP contribution in [0.1, 0.15) is 54.4 Å². The number of hydrogen-bond donors (Lipinski definition) is 4. The van der Waals surface area contributed by atoms with Crippen molar-refractivity contribution in [2.75, 3.05) is 12.8 Å². The molecule has 26 heavy (non-hydrogen) atoms. The van der Waals surface area contributed by atoms with E-state index in [2.05, 4.69) is 16.0 Å². The fraction of sp³-hybridized carbons (Fsp3) is 0.833. The number of ketones is 1. The van der Waals surface area contributed by atoms with Crippen LogP contribution in [0.15, 0.2) is 0 Å². The number of amides is 3. The summed E-state index contributed by atoms with van der Waals surface area (Å²) in [6.07, 6.45) is 2.98. The first kappa shape index (κ1) is 24.7. The Bertz CT molecular complexity index is 478. The number of Topliss-reactive ketones (excluding diaryl/α,β-unsaturated/α-hetero) is 1. The van der Waals surface area contributed by atoms with Crippen molar-refractivity contribution in [2.24, 2.45) is 17.1 Å².